The van der Waals surface area contributed by atoms with Crippen molar-refractivity contribution < 1.29 is 13.9 Å². The van der Waals surface area contributed by atoms with Crippen molar-refractivity contribution in [3.63, 3.8) is 0 Å². The summed E-state index contributed by atoms with van der Waals surface area (Å²) in [6, 6.07) is 4.48. The summed E-state index contributed by atoms with van der Waals surface area (Å²) in [5, 5.41) is 0. The van der Waals surface area contributed by atoms with Gasteiger partial charge in [-0.1, -0.05) is 6.92 Å². The molecule has 0 N–H and O–H groups in total. The van der Waals surface area contributed by atoms with Crippen molar-refractivity contribution in [3.8, 4) is 5.75 Å². The summed E-state index contributed by atoms with van der Waals surface area (Å²) in [5.41, 5.74) is 0.526. The Balaban J connectivity index is 2.48. The minimum absolute atomic E-state index is 0.280. The van der Waals surface area contributed by atoms with Crippen LogP contribution in [0.15, 0.2) is 18.2 Å². The second kappa shape index (κ2) is 3.65. The van der Waals surface area contributed by atoms with Crippen molar-refractivity contribution in [3.05, 3.63) is 29.6 Å². The zero-order chi connectivity index (χ0) is 10.9. The molecule has 0 spiro atoms. The van der Waals surface area contributed by atoms with Gasteiger partial charge in [-0.05, 0) is 24.6 Å². The fourth-order valence-corrected chi connectivity index (χ4v) is 2.02. The molecule has 80 valence electrons. The summed E-state index contributed by atoms with van der Waals surface area (Å²) in [7, 11) is 0. The van der Waals surface area contributed by atoms with Crippen LogP contribution in [0, 0.1) is 5.82 Å². The fraction of sp³-hybridized carbons (Fsp3) is 0.417. The standard InChI is InChI=1S/C12H13FO2/c1-12(4-6-14)5-7-15-11-3-2-9(13)8-10(11)12/h2-3,6,8H,4-5,7H2,1H3. The van der Waals surface area contributed by atoms with Crippen LogP contribution in [0.1, 0.15) is 25.3 Å². The van der Waals surface area contributed by atoms with Crippen molar-refractivity contribution >= 4 is 6.29 Å². The predicted molar refractivity (Wildman–Crippen MR) is 54.5 cm³/mol. The molecule has 1 aromatic carbocycles. The quantitative estimate of drug-likeness (QED) is 0.698. The van der Waals surface area contributed by atoms with E-state index in [0.717, 1.165) is 18.3 Å². The Bertz CT molecular complexity index is 389. The minimum Gasteiger partial charge on any atom is -0.493 e. The van der Waals surface area contributed by atoms with E-state index >= 15 is 0 Å². The molecular weight excluding hydrogens is 195 g/mol. The molecule has 3 heteroatoms. The number of aldehydes is 1. The second-order valence-corrected chi connectivity index (χ2v) is 4.17. The number of hydrogen-bond donors (Lipinski definition) is 0. The molecule has 0 saturated heterocycles. The van der Waals surface area contributed by atoms with Gasteiger partial charge in [-0.15, -0.1) is 0 Å². The lowest BCUT2D eigenvalue weighted by atomic mass is 9.75. The molecule has 0 aliphatic carbocycles. The maximum absolute atomic E-state index is 13.1. The zero-order valence-corrected chi connectivity index (χ0v) is 8.63. The van der Waals surface area contributed by atoms with E-state index in [0.29, 0.717) is 18.8 Å². The van der Waals surface area contributed by atoms with E-state index in [1.54, 1.807) is 6.07 Å². The third kappa shape index (κ3) is 1.74. The number of ether oxygens (including phenoxy) is 1. The van der Waals surface area contributed by atoms with Crippen LogP contribution in [0.25, 0.3) is 0 Å². The monoisotopic (exact) mass is 208 g/mol. The highest BCUT2D eigenvalue weighted by molar-refractivity contribution is 5.55. The lowest BCUT2D eigenvalue weighted by Crippen LogP contribution is -2.30. The normalized spacial score (nSPS) is 24.1. The van der Waals surface area contributed by atoms with Gasteiger partial charge in [0.05, 0.1) is 6.61 Å². The minimum atomic E-state index is -0.281. The van der Waals surface area contributed by atoms with Gasteiger partial charge in [-0.3, -0.25) is 0 Å². The maximum atomic E-state index is 13.1. The second-order valence-electron chi connectivity index (χ2n) is 4.17. The average molecular weight is 208 g/mol. The van der Waals surface area contributed by atoms with E-state index in [4.69, 9.17) is 4.74 Å². The Morgan fingerprint density at radius 2 is 2.40 bits per heavy atom. The van der Waals surface area contributed by atoms with E-state index in [2.05, 4.69) is 0 Å². The molecule has 2 nitrogen and oxygen atoms in total. The Labute approximate surface area is 88.1 Å². The van der Waals surface area contributed by atoms with Gasteiger partial charge in [0.1, 0.15) is 17.9 Å². The van der Waals surface area contributed by atoms with Crippen molar-refractivity contribution in [1.29, 1.82) is 0 Å². The van der Waals surface area contributed by atoms with Gasteiger partial charge >= 0.3 is 0 Å². The molecule has 0 saturated carbocycles. The number of halogens is 1. The third-order valence-corrected chi connectivity index (χ3v) is 3.04. The van der Waals surface area contributed by atoms with Gasteiger partial charge in [0.25, 0.3) is 0 Å². The van der Waals surface area contributed by atoms with E-state index in [9.17, 15) is 9.18 Å². The number of benzene rings is 1. The molecule has 1 aromatic rings. The number of carbonyl (C=O) groups is 1. The van der Waals surface area contributed by atoms with E-state index < -0.39 is 0 Å². The van der Waals surface area contributed by atoms with E-state index in [1.165, 1.54) is 12.1 Å². The molecule has 0 bridgehead atoms. The molecular formula is C12H13FO2. The van der Waals surface area contributed by atoms with Gasteiger partial charge in [0, 0.05) is 17.4 Å². The van der Waals surface area contributed by atoms with Gasteiger partial charge < -0.3 is 9.53 Å². The van der Waals surface area contributed by atoms with Crippen LogP contribution >= 0.6 is 0 Å². The molecule has 0 radical (unpaired) electrons. The topological polar surface area (TPSA) is 26.3 Å². The first-order valence-corrected chi connectivity index (χ1v) is 5.02. The predicted octanol–water partition coefficient (Wildman–Crippen LogP) is 2.45. The van der Waals surface area contributed by atoms with Crippen LogP contribution in [0.2, 0.25) is 0 Å². The lowest BCUT2D eigenvalue weighted by molar-refractivity contribution is -0.109. The molecule has 2 rings (SSSR count). The van der Waals surface area contributed by atoms with Crippen LogP contribution in [0.5, 0.6) is 5.75 Å². The van der Waals surface area contributed by atoms with Crippen molar-refractivity contribution in [1.82, 2.24) is 0 Å². The summed E-state index contributed by atoms with van der Waals surface area (Å²) in [5.74, 6) is 0.420. The SMILES string of the molecule is CC1(CC=O)CCOc2ccc(F)cc21. The van der Waals surface area contributed by atoms with E-state index in [1.807, 2.05) is 6.92 Å². The maximum Gasteiger partial charge on any atom is 0.123 e. The summed E-state index contributed by atoms with van der Waals surface area (Å²) >= 11 is 0. The van der Waals surface area contributed by atoms with Gasteiger partial charge in [0.2, 0.25) is 0 Å². The van der Waals surface area contributed by atoms with Crippen LogP contribution in [0.4, 0.5) is 4.39 Å². The highest BCUT2D eigenvalue weighted by Crippen LogP contribution is 2.40. The summed E-state index contributed by atoms with van der Waals surface area (Å²) in [6.45, 7) is 2.56. The summed E-state index contributed by atoms with van der Waals surface area (Å²) in [6.07, 6.45) is 2.05. The fourth-order valence-electron chi connectivity index (χ4n) is 2.02. The Kier molecular flexibility index (Phi) is 2.47. The smallest absolute Gasteiger partial charge is 0.123 e. The molecule has 1 aliphatic rings. The van der Waals surface area contributed by atoms with Crippen molar-refractivity contribution in [2.75, 3.05) is 6.61 Å². The van der Waals surface area contributed by atoms with Crippen LogP contribution < -0.4 is 4.74 Å². The van der Waals surface area contributed by atoms with Crippen LogP contribution in [-0.4, -0.2) is 12.9 Å². The van der Waals surface area contributed by atoms with Gasteiger partial charge in [-0.25, -0.2) is 4.39 Å². The highest BCUT2D eigenvalue weighted by atomic mass is 19.1. The molecule has 0 amide bonds. The number of hydrogen-bond acceptors (Lipinski definition) is 2. The molecule has 15 heavy (non-hydrogen) atoms. The van der Waals surface area contributed by atoms with Crippen molar-refractivity contribution in [2.24, 2.45) is 0 Å². The van der Waals surface area contributed by atoms with Crippen LogP contribution in [0.3, 0.4) is 0 Å². The van der Waals surface area contributed by atoms with Gasteiger partial charge in [-0.2, -0.15) is 0 Å². The van der Waals surface area contributed by atoms with E-state index in [-0.39, 0.29) is 11.2 Å². The summed E-state index contributed by atoms with van der Waals surface area (Å²) < 4.78 is 18.6. The number of carbonyl (C=O) groups excluding carboxylic acids is 1. The third-order valence-electron chi connectivity index (χ3n) is 3.04. The Morgan fingerprint density at radius 1 is 1.60 bits per heavy atom. The average Bonchev–Trinajstić information content (AvgIpc) is 2.20. The van der Waals surface area contributed by atoms with Crippen molar-refractivity contribution in [2.45, 2.75) is 25.2 Å². The largest absolute Gasteiger partial charge is 0.493 e. The lowest BCUT2D eigenvalue weighted by Gasteiger charge is -2.34. The molecule has 1 unspecified atom stereocenters. The Hall–Kier alpha value is -1.38. The van der Waals surface area contributed by atoms with Crippen LogP contribution in [-0.2, 0) is 10.2 Å². The first-order chi connectivity index (χ1) is 7.15. The first kappa shape index (κ1) is 10.1. The van der Waals surface area contributed by atoms with Gasteiger partial charge in [0.15, 0.2) is 0 Å². The molecule has 0 aromatic heterocycles. The zero-order valence-electron chi connectivity index (χ0n) is 8.63. The Morgan fingerprint density at radius 3 is 3.13 bits per heavy atom. The highest BCUT2D eigenvalue weighted by Gasteiger charge is 2.33. The first-order valence-electron chi connectivity index (χ1n) is 5.02. The number of rotatable bonds is 2. The molecule has 1 aliphatic heterocycles. The summed E-state index contributed by atoms with van der Waals surface area (Å²) in [4.78, 5) is 10.6. The molecule has 0 fully saturated rings. The number of fused-ring (bicyclic) bond motifs is 1. The molecule has 1 heterocycles. The molecule has 1 atom stereocenters.